The fourth-order valence-electron chi connectivity index (χ4n) is 0.524. The second-order valence-corrected chi connectivity index (χ2v) is 3.99. The first-order valence-corrected chi connectivity index (χ1v) is 5.14. The average Bonchev–Trinajstić information content (AvgIpc) is 2.04. The lowest BCUT2D eigenvalue weighted by Gasteiger charge is -2.02. The van der Waals surface area contributed by atoms with Gasteiger partial charge in [-0.15, -0.1) is 0 Å². The first-order chi connectivity index (χ1) is 5.52. The topological polar surface area (TPSA) is 72.5 Å². The van der Waals surface area contributed by atoms with Crippen molar-refractivity contribution in [3.8, 4) is 0 Å². The molecule has 0 aromatic heterocycles. The average molecular weight is 195 g/mol. The summed E-state index contributed by atoms with van der Waals surface area (Å²) in [6.45, 7) is 1.79. The molecule has 1 N–H and O–H groups in total. The summed E-state index contributed by atoms with van der Waals surface area (Å²) in [6, 6.07) is 0. The molecule has 0 aliphatic heterocycles. The molecule has 0 aliphatic rings. The minimum Gasteiger partial charge on any atom is -0.355 e. The predicted molar refractivity (Wildman–Crippen MR) is 44.1 cm³/mol. The van der Waals surface area contributed by atoms with Crippen molar-refractivity contribution in [2.24, 2.45) is 0 Å². The van der Waals surface area contributed by atoms with E-state index < -0.39 is 10.1 Å². The largest absolute Gasteiger partial charge is 0.355 e. The molecule has 0 saturated heterocycles. The molecule has 0 heterocycles. The molecule has 0 aromatic carbocycles. The Balaban J connectivity index is 3.64. The number of hydrogen-bond donors (Lipinski definition) is 1. The molecule has 0 rings (SSSR count). The van der Waals surface area contributed by atoms with Crippen LogP contribution in [0.4, 0.5) is 0 Å². The molecule has 0 unspecified atom stereocenters. The summed E-state index contributed by atoms with van der Waals surface area (Å²) in [5.41, 5.74) is 0. The molecular formula is C6H13NO4S. The highest BCUT2D eigenvalue weighted by molar-refractivity contribution is 7.86. The Morgan fingerprint density at radius 2 is 2.08 bits per heavy atom. The van der Waals surface area contributed by atoms with E-state index in [2.05, 4.69) is 9.50 Å². The lowest BCUT2D eigenvalue weighted by Crippen LogP contribution is -2.28. The summed E-state index contributed by atoms with van der Waals surface area (Å²) in [5, 5.41) is 2.42. The predicted octanol–water partition coefficient (Wildman–Crippen LogP) is -0.511. The molecule has 5 nitrogen and oxygen atoms in total. The fraction of sp³-hybridized carbons (Fsp3) is 0.833. The van der Waals surface area contributed by atoms with Crippen molar-refractivity contribution in [3.05, 3.63) is 0 Å². The monoisotopic (exact) mass is 195 g/mol. The number of rotatable bonds is 5. The summed E-state index contributed by atoms with van der Waals surface area (Å²) in [5.74, 6) is -0.351. The number of hydrogen-bond acceptors (Lipinski definition) is 4. The van der Waals surface area contributed by atoms with Crippen LogP contribution in [0.25, 0.3) is 0 Å². The van der Waals surface area contributed by atoms with Crippen molar-refractivity contribution < 1.29 is 17.4 Å². The van der Waals surface area contributed by atoms with Crippen LogP contribution in [0.2, 0.25) is 0 Å². The fourth-order valence-corrected chi connectivity index (χ4v) is 1.04. The molecule has 6 heteroatoms. The van der Waals surface area contributed by atoms with Crippen molar-refractivity contribution >= 4 is 16.0 Å². The van der Waals surface area contributed by atoms with Gasteiger partial charge in [0.15, 0.2) is 0 Å². The van der Waals surface area contributed by atoms with E-state index in [4.69, 9.17) is 0 Å². The number of carbonyl (C=O) groups is 1. The molecule has 0 bridgehead atoms. The zero-order valence-electron chi connectivity index (χ0n) is 7.16. The Kier molecular flexibility index (Phi) is 4.84. The molecular weight excluding hydrogens is 182 g/mol. The van der Waals surface area contributed by atoms with Crippen LogP contribution >= 0.6 is 0 Å². The van der Waals surface area contributed by atoms with Crippen LogP contribution in [0.1, 0.15) is 13.3 Å². The molecule has 72 valence electrons. The van der Waals surface area contributed by atoms with E-state index in [1.807, 2.05) is 0 Å². The molecule has 0 fully saturated rings. The van der Waals surface area contributed by atoms with E-state index in [1.54, 1.807) is 6.92 Å². The molecule has 1 amide bonds. The number of carbonyl (C=O) groups excluding carboxylic acids is 1. The molecule has 0 spiro atoms. The van der Waals surface area contributed by atoms with Crippen LogP contribution in [0.3, 0.4) is 0 Å². The lowest BCUT2D eigenvalue weighted by atomic mass is 10.4. The van der Waals surface area contributed by atoms with Crippen LogP contribution in [-0.2, 0) is 19.1 Å². The molecule has 12 heavy (non-hydrogen) atoms. The van der Waals surface area contributed by atoms with Gasteiger partial charge in [-0.1, -0.05) is 6.92 Å². The molecule has 0 radical (unpaired) electrons. The molecule has 0 aromatic rings. The summed E-state index contributed by atoms with van der Waals surface area (Å²) in [7, 11) is -2.34. The minimum atomic E-state index is -3.44. The smallest absolute Gasteiger partial charge is 0.268 e. The van der Waals surface area contributed by atoms with Gasteiger partial charge >= 0.3 is 0 Å². The van der Waals surface area contributed by atoms with Gasteiger partial charge in [0.1, 0.15) is 0 Å². The van der Waals surface area contributed by atoms with Crippen LogP contribution in [0, 0.1) is 0 Å². The lowest BCUT2D eigenvalue weighted by molar-refractivity contribution is -0.120. The van der Waals surface area contributed by atoms with E-state index in [0.29, 0.717) is 6.42 Å². The van der Waals surface area contributed by atoms with Crippen molar-refractivity contribution in [1.82, 2.24) is 5.32 Å². The standard InChI is InChI=1S/C6H13NO4S/c1-3-6(8)7-4-5-12(9,10)11-2/h3-5H2,1-2H3,(H,7,8). The zero-order chi connectivity index (χ0) is 9.61. The third kappa shape index (κ3) is 5.09. The Hall–Kier alpha value is -0.620. The van der Waals surface area contributed by atoms with Crippen molar-refractivity contribution in [3.63, 3.8) is 0 Å². The second kappa shape index (κ2) is 5.10. The SMILES string of the molecule is CCC(=O)NCCS(=O)(=O)OC. The van der Waals surface area contributed by atoms with E-state index in [-0.39, 0.29) is 18.2 Å². The quantitative estimate of drug-likeness (QED) is 0.600. The Bertz CT molecular complexity index is 234. The third-order valence-corrected chi connectivity index (χ3v) is 2.46. The van der Waals surface area contributed by atoms with E-state index >= 15 is 0 Å². The number of nitrogens with one attached hydrogen (secondary N) is 1. The van der Waals surface area contributed by atoms with Crippen LogP contribution < -0.4 is 5.32 Å². The maximum absolute atomic E-state index is 10.7. The summed E-state index contributed by atoms with van der Waals surface area (Å²) < 4.78 is 25.6. The van der Waals surface area contributed by atoms with Gasteiger partial charge in [-0.25, -0.2) is 0 Å². The van der Waals surface area contributed by atoms with Gasteiger partial charge in [0.05, 0.1) is 12.9 Å². The zero-order valence-corrected chi connectivity index (χ0v) is 7.98. The Morgan fingerprint density at radius 1 is 1.50 bits per heavy atom. The maximum Gasteiger partial charge on any atom is 0.268 e. The van der Waals surface area contributed by atoms with Gasteiger partial charge in [0.25, 0.3) is 10.1 Å². The van der Waals surface area contributed by atoms with Gasteiger partial charge in [-0.2, -0.15) is 8.42 Å². The summed E-state index contributed by atoms with van der Waals surface area (Å²) >= 11 is 0. The summed E-state index contributed by atoms with van der Waals surface area (Å²) in [4.78, 5) is 10.6. The van der Waals surface area contributed by atoms with Gasteiger partial charge in [0.2, 0.25) is 5.91 Å². The van der Waals surface area contributed by atoms with E-state index in [0.717, 1.165) is 7.11 Å². The summed E-state index contributed by atoms with van der Waals surface area (Å²) in [6.07, 6.45) is 0.354. The van der Waals surface area contributed by atoms with Gasteiger partial charge in [-0.05, 0) is 0 Å². The van der Waals surface area contributed by atoms with Crippen molar-refractivity contribution in [2.45, 2.75) is 13.3 Å². The Labute approximate surface area is 72.2 Å². The second-order valence-electron chi connectivity index (χ2n) is 2.13. The van der Waals surface area contributed by atoms with Crippen LogP contribution in [0.5, 0.6) is 0 Å². The van der Waals surface area contributed by atoms with Crippen molar-refractivity contribution in [2.75, 3.05) is 19.4 Å². The van der Waals surface area contributed by atoms with Gasteiger partial charge in [-0.3, -0.25) is 8.98 Å². The number of amides is 1. The molecule has 0 saturated carbocycles. The highest BCUT2D eigenvalue weighted by Gasteiger charge is 2.07. The third-order valence-electron chi connectivity index (χ3n) is 1.25. The minimum absolute atomic E-state index is 0.100. The molecule has 0 atom stereocenters. The highest BCUT2D eigenvalue weighted by Crippen LogP contribution is 1.87. The van der Waals surface area contributed by atoms with E-state index in [9.17, 15) is 13.2 Å². The highest BCUT2D eigenvalue weighted by atomic mass is 32.2. The van der Waals surface area contributed by atoms with Crippen LogP contribution in [0.15, 0.2) is 0 Å². The van der Waals surface area contributed by atoms with Crippen LogP contribution in [-0.4, -0.2) is 33.7 Å². The van der Waals surface area contributed by atoms with Crippen molar-refractivity contribution in [1.29, 1.82) is 0 Å². The van der Waals surface area contributed by atoms with Gasteiger partial charge < -0.3 is 5.32 Å². The van der Waals surface area contributed by atoms with E-state index in [1.165, 1.54) is 0 Å². The van der Waals surface area contributed by atoms with Gasteiger partial charge in [0, 0.05) is 13.0 Å². The molecule has 0 aliphatic carbocycles. The first kappa shape index (κ1) is 11.4. The normalized spacial score (nSPS) is 11.2. The maximum atomic E-state index is 10.7. The Morgan fingerprint density at radius 3 is 2.50 bits per heavy atom. The first-order valence-electron chi connectivity index (χ1n) is 3.57.